The van der Waals surface area contributed by atoms with Gasteiger partial charge in [-0.3, -0.25) is 4.79 Å². The fraction of sp³-hybridized carbons (Fsp3) is 0.316. The van der Waals surface area contributed by atoms with Gasteiger partial charge in [0, 0.05) is 21.5 Å². The lowest BCUT2D eigenvalue weighted by molar-refractivity contribution is 0.103. The lowest BCUT2D eigenvalue weighted by atomic mass is 10.0. The Morgan fingerprint density at radius 1 is 1.09 bits per heavy atom. The molecule has 0 spiro atoms. The Labute approximate surface area is 147 Å². The van der Waals surface area contributed by atoms with Gasteiger partial charge in [0.15, 0.2) is 5.78 Å². The van der Waals surface area contributed by atoms with Crippen molar-refractivity contribution in [2.24, 2.45) is 23.7 Å². The summed E-state index contributed by atoms with van der Waals surface area (Å²) in [5.41, 5.74) is 1.13. The molecule has 0 N–H and O–H groups in total. The van der Waals surface area contributed by atoms with Gasteiger partial charge < -0.3 is 4.74 Å². The molecule has 2 aromatic carbocycles. The zero-order valence-corrected chi connectivity index (χ0v) is 14.5. The van der Waals surface area contributed by atoms with Crippen molar-refractivity contribution in [3.05, 3.63) is 63.1 Å². The molecular weight excluding hydrogens is 376 g/mol. The third-order valence-electron chi connectivity index (χ3n) is 5.55. The van der Waals surface area contributed by atoms with Crippen LogP contribution in [0.25, 0.3) is 0 Å². The van der Waals surface area contributed by atoms with E-state index in [9.17, 15) is 4.79 Å². The molecule has 0 radical (unpaired) electrons. The van der Waals surface area contributed by atoms with Gasteiger partial charge in [0.05, 0.1) is 5.02 Å². The van der Waals surface area contributed by atoms with Crippen LogP contribution in [0.15, 0.2) is 46.9 Å². The van der Waals surface area contributed by atoms with Crippen LogP contribution in [-0.4, -0.2) is 11.9 Å². The molecule has 116 valence electrons. The Balaban J connectivity index is 1.34. The molecule has 4 aliphatic rings. The fourth-order valence-corrected chi connectivity index (χ4v) is 4.85. The van der Waals surface area contributed by atoms with Crippen molar-refractivity contribution in [2.45, 2.75) is 12.5 Å². The van der Waals surface area contributed by atoms with Crippen LogP contribution in [0.5, 0.6) is 5.75 Å². The number of halogens is 2. The highest BCUT2D eigenvalue weighted by Crippen LogP contribution is 2.82. The molecule has 3 atom stereocenters. The first-order chi connectivity index (χ1) is 11.1. The number of hydrogen-bond acceptors (Lipinski definition) is 2. The summed E-state index contributed by atoms with van der Waals surface area (Å²) in [5, 5.41) is 0.465. The Bertz CT molecular complexity index is 800. The molecule has 0 saturated heterocycles. The average Bonchev–Trinajstić information content (AvgIpc) is 3.38. The van der Waals surface area contributed by atoms with Gasteiger partial charge in [0.2, 0.25) is 0 Å². The van der Waals surface area contributed by atoms with Gasteiger partial charge in [-0.15, -0.1) is 0 Å². The summed E-state index contributed by atoms with van der Waals surface area (Å²) >= 11 is 9.52. The van der Waals surface area contributed by atoms with Crippen LogP contribution in [0.2, 0.25) is 5.02 Å². The van der Waals surface area contributed by atoms with Gasteiger partial charge >= 0.3 is 0 Å². The van der Waals surface area contributed by atoms with Crippen LogP contribution in [0.4, 0.5) is 0 Å². The number of carbonyl (C=O) groups is 1. The van der Waals surface area contributed by atoms with Crippen LogP contribution < -0.4 is 4.74 Å². The number of hydrogen-bond donors (Lipinski definition) is 0. The maximum absolute atomic E-state index is 12.6. The minimum atomic E-state index is -0.0737. The predicted molar refractivity (Wildman–Crippen MR) is 92.0 cm³/mol. The molecule has 4 heteroatoms. The van der Waals surface area contributed by atoms with Crippen LogP contribution >= 0.6 is 27.5 Å². The van der Waals surface area contributed by atoms with E-state index in [1.807, 2.05) is 30.3 Å². The van der Waals surface area contributed by atoms with Gasteiger partial charge in [0.1, 0.15) is 11.9 Å². The molecule has 0 aromatic heterocycles. The molecule has 4 aliphatic carbocycles. The second-order valence-electron chi connectivity index (χ2n) is 6.77. The summed E-state index contributed by atoms with van der Waals surface area (Å²) < 4.78 is 6.93. The lowest BCUT2D eigenvalue weighted by Gasteiger charge is -2.13. The van der Waals surface area contributed by atoms with Crippen LogP contribution in [-0.2, 0) is 0 Å². The zero-order chi connectivity index (χ0) is 15.7. The van der Waals surface area contributed by atoms with E-state index in [2.05, 4.69) is 15.9 Å². The Hall–Kier alpha value is -1.32. The van der Waals surface area contributed by atoms with Crippen molar-refractivity contribution in [3.63, 3.8) is 0 Å². The largest absolute Gasteiger partial charge is 0.490 e. The maximum Gasteiger partial charge on any atom is 0.194 e. The third kappa shape index (κ3) is 2.17. The van der Waals surface area contributed by atoms with Crippen molar-refractivity contribution >= 4 is 33.3 Å². The van der Waals surface area contributed by atoms with E-state index >= 15 is 0 Å². The van der Waals surface area contributed by atoms with Crippen molar-refractivity contribution < 1.29 is 9.53 Å². The van der Waals surface area contributed by atoms with Crippen molar-refractivity contribution in [1.82, 2.24) is 0 Å². The highest BCUT2D eigenvalue weighted by Gasteiger charge is 2.81. The molecule has 2 bridgehead atoms. The first kappa shape index (κ1) is 14.1. The number of ketones is 1. The monoisotopic (exact) mass is 388 g/mol. The molecule has 0 amide bonds. The molecular formula is C19H14BrClO2. The SMILES string of the molecule is O=C(c1ccc(OC2CC3C4C2C34)cc1)c1cc(Br)ccc1Cl. The standard InChI is InChI=1S/C19H14BrClO2/c20-10-3-6-14(21)12(7-10)19(22)9-1-4-11(5-2-9)23-15-8-13-16-17(13)18(15)16/h1-7,13,15-18H,8H2. The van der Waals surface area contributed by atoms with Gasteiger partial charge in [-0.25, -0.2) is 0 Å². The predicted octanol–water partition coefficient (Wildman–Crippen LogP) is 4.98. The van der Waals surface area contributed by atoms with Crippen molar-refractivity contribution in [1.29, 1.82) is 0 Å². The summed E-state index contributed by atoms with van der Waals surface area (Å²) in [7, 11) is 0. The molecule has 23 heavy (non-hydrogen) atoms. The van der Waals surface area contributed by atoms with Crippen LogP contribution in [0.3, 0.4) is 0 Å². The number of rotatable bonds is 4. The van der Waals surface area contributed by atoms with Gasteiger partial charge in [-0.05, 0) is 66.6 Å². The Kier molecular flexibility index (Phi) is 2.96. The topological polar surface area (TPSA) is 26.3 Å². The second-order valence-corrected chi connectivity index (χ2v) is 8.09. The first-order valence-corrected chi connectivity index (χ1v) is 9.07. The fourth-order valence-electron chi connectivity index (χ4n) is 4.29. The number of carbonyl (C=O) groups excluding carboxylic acids is 1. The Morgan fingerprint density at radius 3 is 2.48 bits per heavy atom. The summed E-state index contributed by atoms with van der Waals surface area (Å²) in [6.45, 7) is 0. The normalized spacial score (nSPS) is 32.3. The van der Waals surface area contributed by atoms with Crippen molar-refractivity contribution in [3.8, 4) is 5.75 Å². The van der Waals surface area contributed by atoms with E-state index in [-0.39, 0.29) is 5.78 Å². The van der Waals surface area contributed by atoms with E-state index in [1.54, 1.807) is 12.1 Å². The smallest absolute Gasteiger partial charge is 0.194 e. The van der Waals surface area contributed by atoms with E-state index in [0.29, 0.717) is 22.3 Å². The quantitative estimate of drug-likeness (QED) is 0.690. The van der Waals surface area contributed by atoms with Gasteiger partial charge in [0.25, 0.3) is 0 Å². The van der Waals surface area contributed by atoms with E-state index < -0.39 is 0 Å². The first-order valence-electron chi connectivity index (χ1n) is 7.90. The summed E-state index contributed by atoms with van der Waals surface area (Å²) in [6, 6.07) is 12.7. The molecule has 3 unspecified atom stereocenters. The molecule has 4 fully saturated rings. The second kappa shape index (κ2) is 4.84. The Morgan fingerprint density at radius 2 is 1.83 bits per heavy atom. The molecule has 4 saturated carbocycles. The van der Waals surface area contributed by atoms with Gasteiger partial charge in [-0.1, -0.05) is 27.5 Å². The minimum absolute atomic E-state index is 0.0737. The summed E-state index contributed by atoms with van der Waals surface area (Å²) in [6.07, 6.45) is 1.62. The maximum atomic E-state index is 12.6. The van der Waals surface area contributed by atoms with Gasteiger partial charge in [-0.2, -0.15) is 0 Å². The average molecular weight is 390 g/mol. The molecule has 2 nitrogen and oxygen atoms in total. The number of ether oxygens (including phenoxy) is 1. The third-order valence-corrected chi connectivity index (χ3v) is 6.37. The van der Waals surface area contributed by atoms with E-state index in [1.165, 1.54) is 6.42 Å². The van der Waals surface area contributed by atoms with Crippen molar-refractivity contribution in [2.75, 3.05) is 0 Å². The van der Waals surface area contributed by atoms with Crippen LogP contribution in [0.1, 0.15) is 22.3 Å². The zero-order valence-electron chi connectivity index (χ0n) is 12.2. The molecule has 2 aromatic rings. The highest BCUT2D eigenvalue weighted by atomic mass is 79.9. The molecule has 6 rings (SSSR count). The van der Waals surface area contributed by atoms with E-state index in [4.69, 9.17) is 16.3 Å². The van der Waals surface area contributed by atoms with Crippen LogP contribution in [0, 0.1) is 23.7 Å². The molecule has 0 heterocycles. The summed E-state index contributed by atoms with van der Waals surface area (Å²) in [4.78, 5) is 12.6. The minimum Gasteiger partial charge on any atom is -0.490 e. The lowest BCUT2D eigenvalue weighted by Crippen LogP contribution is -2.14. The summed E-state index contributed by atoms with van der Waals surface area (Å²) in [5.74, 6) is 4.54. The highest BCUT2D eigenvalue weighted by molar-refractivity contribution is 9.10. The molecule has 0 aliphatic heterocycles. The number of fused-ring (bicyclic) bond motifs is 1. The van der Waals surface area contributed by atoms with E-state index in [0.717, 1.165) is 33.9 Å². The number of benzene rings is 2.